The van der Waals surface area contributed by atoms with E-state index in [-0.39, 0.29) is 0 Å². The number of benzene rings is 1. The van der Waals surface area contributed by atoms with Crippen molar-refractivity contribution in [3.63, 3.8) is 0 Å². The zero-order valence-corrected chi connectivity index (χ0v) is 11.1. The van der Waals surface area contributed by atoms with Crippen LogP contribution in [0.4, 0.5) is 0 Å². The molecule has 1 atom stereocenters. The van der Waals surface area contributed by atoms with E-state index >= 15 is 0 Å². The summed E-state index contributed by atoms with van der Waals surface area (Å²) >= 11 is 0. The molecule has 1 rings (SSSR count). The molecule has 0 heterocycles. The molecule has 0 aromatic heterocycles. The molecule has 0 bridgehead atoms. The molecule has 0 saturated heterocycles. The van der Waals surface area contributed by atoms with Crippen molar-refractivity contribution in [2.45, 2.75) is 33.7 Å². The largest absolute Gasteiger partial charge is 0.315 e. The first-order valence-corrected chi connectivity index (χ1v) is 6.05. The first-order valence-electron chi connectivity index (χ1n) is 6.05. The zero-order valence-electron chi connectivity index (χ0n) is 11.1. The highest BCUT2D eigenvalue weighted by molar-refractivity contribution is 5.39. The van der Waals surface area contributed by atoms with Gasteiger partial charge in [0.05, 0.1) is 0 Å². The molecule has 0 saturated carbocycles. The van der Waals surface area contributed by atoms with Crippen LogP contribution >= 0.6 is 0 Å². The van der Waals surface area contributed by atoms with Crippen LogP contribution in [0.15, 0.2) is 12.1 Å². The zero-order chi connectivity index (χ0) is 12.1. The molecule has 2 N–H and O–H groups in total. The summed E-state index contributed by atoms with van der Waals surface area (Å²) in [5.74, 6) is 0. The molecule has 0 aliphatic heterocycles. The average molecular weight is 220 g/mol. The van der Waals surface area contributed by atoms with E-state index in [4.69, 9.17) is 0 Å². The highest BCUT2D eigenvalue weighted by Gasteiger charge is 2.13. The van der Waals surface area contributed by atoms with Crippen molar-refractivity contribution in [3.05, 3.63) is 34.4 Å². The molecular formula is C14H24N2. The lowest BCUT2D eigenvalue weighted by Gasteiger charge is -2.22. The van der Waals surface area contributed by atoms with Gasteiger partial charge in [-0.3, -0.25) is 0 Å². The van der Waals surface area contributed by atoms with Gasteiger partial charge in [-0.1, -0.05) is 24.6 Å². The minimum absolute atomic E-state index is 0.403. The minimum atomic E-state index is 0.403. The van der Waals surface area contributed by atoms with Gasteiger partial charge in [-0.2, -0.15) is 0 Å². The summed E-state index contributed by atoms with van der Waals surface area (Å²) in [6.45, 7) is 10.7. The first-order chi connectivity index (χ1) is 7.60. The Labute approximate surface area is 99.5 Å². The Bertz CT molecular complexity index is 322. The van der Waals surface area contributed by atoms with Crippen molar-refractivity contribution in [1.82, 2.24) is 10.6 Å². The Hall–Kier alpha value is -0.860. The summed E-state index contributed by atoms with van der Waals surface area (Å²) in [7, 11) is 2.03. The van der Waals surface area contributed by atoms with Crippen LogP contribution in [0.3, 0.4) is 0 Å². The normalized spacial score (nSPS) is 12.8. The second-order valence-corrected chi connectivity index (χ2v) is 4.46. The van der Waals surface area contributed by atoms with E-state index in [1.807, 2.05) is 7.05 Å². The van der Waals surface area contributed by atoms with E-state index in [1.165, 1.54) is 22.3 Å². The highest BCUT2D eigenvalue weighted by atomic mass is 15.0. The van der Waals surface area contributed by atoms with E-state index in [9.17, 15) is 0 Å². The van der Waals surface area contributed by atoms with Crippen LogP contribution in [-0.4, -0.2) is 20.1 Å². The van der Waals surface area contributed by atoms with E-state index in [1.54, 1.807) is 0 Å². The fraction of sp³-hybridized carbons (Fsp3) is 0.571. The van der Waals surface area contributed by atoms with E-state index in [2.05, 4.69) is 50.5 Å². The van der Waals surface area contributed by atoms with E-state index in [0.29, 0.717) is 6.04 Å². The predicted molar refractivity (Wildman–Crippen MR) is 71.0 cm³/mol. The van der Waals surface area contributed by atoms with Crippen LogP contribution in [-0.2, 0) is 0 Å². The number of hydrogen-bond acceptors (Lipinski definition) is 2. The molecule has 0 amide bonds. The van der Waals surface area contributed by atoms with E-state index < -0.39 is 0 Å². The fourth-order valence-electron chi connectivity index (χ4n) is 2.38. The number of hydrogen-bond donors (Lipinski definition) is 2. The topological polar surface area (TPSA) is 24.1 Å². The van der Waals surface area contributed by atoms with Gasteiger partial charge in [-0.05, 0) is 51.1 Å². The summed E-state index contributed by atoms with van der Waals surface area (Å²) in [4.78, 5) is 0. The number of rotatable bonds is 5. The maximum atomic E-state index is 3.40. The standard InChI is InChI=1S/C14H24N2/c1-6-16-9-13(15-5)14-11(3)7-10(2)8-12(14)4/h7-8,13,15-16H,6,9H2,1-5H3. The molecule has 0 fully saturated rings. The van der Waals surface area contributed by atoms with Gasteiger partial charge in [0.2, 0.25) is 0 Å². The molecule has 0 spiro atoms. The molecule has 1 aromatic carbocycles. The Morgan fingerprint density at radius 3 is 2.12 bits per heavy atom. The lowest BCUT2D eigenvalue weighted by atomic mass is 9.94. The van der Waals surface area contributed by atoms with Gasteiger partial charge in [0.25, 0.3) is 0 Å². The van der Waals surface area contributed by atoms with Crippen molar-refractivity contribution in [2.24, 2.45) is 0 Å². The van der Waals surface area contributed by atoms with Crippen LogP contribution in [0.25, 0.3) is 0 Å². The van der Waals surface area contributed by atoms with Crippen LogP contribution in [0.5, 0.6) is 0 Å². The minimum Gasteiger partial charge on any atom is -0.315 e. The van der Waals surface area contributed by atoms with Gasteiger partial charge >= 0.3 is 0 Å². The van der Waals surface area contributed by atoms with Crippen LogP contribution in [0.1, 0.15) is 35.2 Å². The third-order valence-electron chi connectivity index (χ3n) is 3.03. The van der Waals surface area contributed by atoms with Crippen molar-refractivity contribution < 1.29 is 0 Å². The molecule has 1 unspecified atom stereocenters. The molecule has 2 heteroatoms. The molecule has 0 radical (unpaired) electrons. The average Bonchev–Trinajstić information content (AvgIpc) is 2.21. The number of likely N-dealkylation sites (N-methyl/N-ethyl adjacent to an activating group) is 2. The monoisotopic (exact) mass is 220 g/mol. The third-order valence-corrected chi connectivity index (χ3v) is 3.03. The van der Waals surface area contributed by atoms with Gasteiger partial charge in [0.1, 0.15) is 0 Å². The van der Waals surface area contributed by atoms with Crippen LogP contribution in [0.2, 0.25) is 0 Å². The lowest BCUT2D eigenvalue weighted by molar-refractivity contribution is 0.534. The second kappa shape index (κ2) is 6.02. The molecule has 1 aromatic rings. The molecule has 0 aliphatic carbocycles. The maximum Gasteiger partial charge on any atom is 0.0449 e. The Balaban J connectivity index is 2.99. The Kier molecular flexibility index (Phi) is 4.97. The van der Waals surface area contributed by atoms with E-state index in [0.717, 1.165) is 13.1 Å². The van der Waals surface area contributed by atoms with Crippen molar-refractivity contribution in [1.29, 1.82) is 0 Å². The predicted octanol–water partition coefficient (Wildman–Crippen LogP) is 2.48. The SMILES string of the molecule is CCNCC(NC)c1c(C)cc(C)cc1C. The van der Waals surface area contributed by atoms with Crippen LogP contribution in [0, 0.1) is 20.8 Å². The molecule has 0 aliphatic rings. The Morgan fingerprint density at radius 1 is 1.12 bits per heavy atom. The van der Waals surface area contributed by atoms with Crippen molar-refractivity contribution in [2.75, 3.05) is 20.1 Å². The summed E-state index contributed by atoms with van der Waals surface area (Å²) < 4.78 is 0. The van der Waals surface area contributed by atoms with Gasteiger partial charge in [-0.25, -0.2) is 0 Å². The van der Waals surface area contributed by atoms with Crippen molar-refractivity contribution >= 4 is 0 Å². The molecule has 90 valence electrons. The third kappa shape index (κ3) is 3.06. The Morgan fingerprint density at radius 2 is 1.69 bits per heavy atom. The maximum absolute atomic E-state index is 3.40. The second-order valence-electron chi connectivity index (χ2n) is 4.46. The van der Waals surface area contributed by atoms with Gasteiger partial charge < -0.3 is 10.6 Å². The summed E-state index contributed by atoms with van der Waals surface area (Å²) in [6.07, 6.45) is 0. The molecule has 16 heavy (non-hydrogen) atoms. The van der Waals surface area contributed by atoms with Gasteiger partial charge in [0, 0.05) is 12.6 Å². The van der Waals surface area contributed by atoms with Crippen LogP contribution < -0.4 is 10.6 Å². The first kappa shape index (κ1) is 13.2. The summed E-state index contributed by atoms with van der Waals surface area (Å²) in [6, 6.07) is 4.93. The number of nitrogens with one attached hydrogen (secondary N) is 2. The van der Waals surface area contributed by atoms with Crippen molar-refractivity contribution in [3.8, 4) is 0 Å². The fourth-order valence-corrected chi connectivity index (χ4v) is 2.38. The smallest absolute Gasteiger partial charge is 0.0449 e. The summed E-state index contributed by atoms with van der Waals surface area (Å²) in [5, 5.41) is 6.80. The highest BCUT2D eigenvalue weighted by Crippen LogP contribution is 2.22. The van der Waals surface area contributed by atoms with Gasteiger partial charge in [0.15, 0.2) is 0 Å². The lowest BCUT2D eigenvalue weighted by Crippen LogP contribution is -2.30. The summed E-state index contributed by atoms with van der Waals surface area (Å²) in [5.41, 5.74) is 5.55. The number of aryl methyl sites for hydroxylation is 3. The molecular weight excluding hydrogens is 196 g/mol. The van der Waals surface area contributed by atoms with Gasteiger partial charge in [-0.15, -0.1) is 0 Å². The quantitative estimate of drug-likeness (QED) is 0.796. The molecule has 2 nitrogen and oxygen atoms in total.